The van der Waals surface area contributed by atoms with Crippen molar-refractivity contribution in [1.29, 1.82) is 0 Å². The topological polar surface area (TPSA) is 55.7 Å². The molecule has 4 nitrogen and oxygen atoms in total. The van der Waals surface area contributed by atoms with Crippen molar-refractivity contribution >= 4 is 28.5 Å². The van der Waals surface area contributed by atoms with Crippen molar-refractivity contribution in [3.8, 4) is 0 Å². The van der Waals surface area contributed by atoms with Crippen molar-refractivity contribution in [3.05, 3.63) is 64.3 Å². The fraction of sp³-hybridized carbons (Fsp3) is 0.176. The van der Waals surface area contributed by atoms with Gasteiger partial charge in [0, 0.05) is 30.9 Å². The molecule has 2 heterocycles. The number of hydrogen-bond donors (Lipinski definition) is 0. The van der Waals surface area contributed by atoms with Crippen LogP contribution in [0.5, 0.6) is 0 Å². The first-order valence-electron chi connectivity index (χ1n) is 7.06. The number of halogens is 2. The molecule has 0 bridgehead atoms. The van der Waals surface area contributed by atoms with Gasteiger partial charge in [-0.15, -0.1) is 0 Å². The third-order valence-electron chi connectivity index (χ3n) is 3.53. The number of fused-ring (bicyclic) bond motifs is 1. The molecule has 116 valence electrons. The van der Waals surface area contributed by atoms with E-state index in [9.17, 15) is 9.18 Å². The van der Waals surface area contributed by atoms with Crippen molar-refractivity contribution in [2.24, 2.45) is 0 Å². The second-order valence-corrected chi connectivity index (χ2v) is 5.68. The molecule has 0 saturated heterocycles. The molecule has 0 aliphatic carbocycles. The van der Waals surface area contributed by atoms with Gasteiger partial charge in [0.25, 0.3) is 0 Å². The Kier molecular flexibility index (Phi) is 4.30. The van der Waals surface area contributed by atoms with E-state index in [0.717, 1.165) is 11.3 Å². The quantitative estimate of drug-likeness (QED) is 0.735. The number of benzene rings is 1. The minimum atomic E-state index is -0.490. The summed E-state index contributed by atoms with van der Waals surface area (Å²) in [6.45, 7) is 1.84. The summed E-state index contributed by atoms with van der Waals surface area (Å²) in [7, 11) is 0. The first-order valence-corrected chi connectivity index (χ1v) is 7.43. The van der Waals surface area contributed by atoms with Gasteiger partial charge in [0.2, 0.25) is 0 Å². The van der Waals surface area contributed by atoms with Gasteiger partial charge in [-0.1, -0.05) is 17.7 Å². The number of carbonyl (C=O) groups excluding carboxylic acids is 1. The molecule has 3 rings (SSSR count). The summed E-state index contributed by atoms with van der Waals surface area (Å²) in [5, 5.41) is 0.0223. The zero-order valence-corrected chi connectivity index (χ0v) is 13.1. The van der Waals surface area contributed by atoms with Gasteiger partial charge in [-0.05, 0) is 36.2 Å². The van der Waals surface area contributed by atoms with E-state index in [1.807, 2.05) is 13.0 Å². The Labute approximate surface area is 137 Å². The number of Topliss-reactive ketones (excluding diaryl/α,β-unsaturated/α-hetero) is 1. The molecule has 0 amide bonds. The zero-order valence-electron chi connectivity index (χ0n) is 12.4. The summed E-state index contributed by atoms with van der Waals surface area (Å²) in [6.07, 6.45) is 3.60. The molecule has 23 heavy (non-hydrogen) atoms. The lowest BCUT2D eigenvalue weighted by Crippen LogP contribution is -2.09. The molecular weight excluding hydrogens is 317 g/mol. The standard InChI is InChI=1S/C17H13ClFN3O/c1-10-12(9-16-17(22-10)21-5-4-20-16)8-13(23)6-11-2-3-15(19)14(18)7-11/h2-5,7,9H,6,8H2,1H3. The molecule has 3 aromatic rings. The van der Waals surface area contributed by atoms with Crippen LogP contribution in [0.15, 0.2) is 36.7 Å². The Morgan fingerprint density at radius 1 is 1.17 bits per heavy atom. The van der Waals surface area contributed by atoms with Crippen molar-refractivity contribution in [2.75, 3.05) is 0 Å². The lowest BCUT2D eigenvalue weighted by Gasteiger charge is -2.07. The fourth-order valence-corrected chi connectivity index (χ4v) is 2.56. The molecular formula is C17H13ClFN3O. The Balaban J connectivity index is 1.79. The largest absolute Gasteiger partial charge is 0.299 e. The number of aromatic nitrogens is 3. The molecule has 2 aromatic heterocycles. The minimum absolute atomic E-state index is 0.000755. The van der Waals surface area contributed by atoms with Crippen LogP contribution in [0.25, 0.3) is 11.2 Å². The van der Waals surface area contributed by atoms with Crippen molar-refractivity contribution in [1.82, 2.24) is 15.0 Å². The number of ketones is 1. The van der Waals surface area contributed by atoms with E-state index in [1.165, 1.54) is 12.1 Å². The number of carbonyl (C=O) groups is 1. The molecule has 6 heteroatoms. The van der Waals surface area contributed by atoms with Crippen LogP contribution in [0.4, 0.5) is 4.39 Å². The highest BCUT2D eigenvalue weighted by Crippen LogP contribution is 2.18. The molecule has 0 N–H and O–H groups in total. The summed E-state index contributed by atoms with van der Waals surface area (Å²) in [5.74, 6) is -0.489. The molecule has 0 radical (unpaired) electrons. The molecule has 0 fully saturated rings. The zero-order chi connectivity index (χ0) is 16.4. The van der Waals surface area contributed by atoms with Crippen molar-refractivity contribution in [2.45, 2.75) is 19.8 Å². The highest BCUT2D eigenvalue weighted by molar-refractivity contribution is 6.30. The normalized spacial score (nSPS) is 10.9. The fourth-order valence-electron chi connectivity index (χ4n) is 2.36. The Bertz CT molecular complexity index is 898. The Hall–Kier alpha value is -2.40. The van der Waals surface area contributed by atoms with E-state index in [2.05, 4.69) is 15.0 Å². The third kappa shape index (κ3) is 3.51. The average molecular weight is 330 g/mol. The summed E-state index contributed by atoms with van der Waals surface area (Å²) >= 11 is 5.74. The maximum atomic E-state index is 13.1. The van der Waals surface area contributed by atoms with Gasteiger partial charge in [-0.25, -0.2) is 14.4 Å². The van der Waals surface area contributed by atoms with E-state index in [1.54, 1.807) is 18.5 Å². The highest BCUT2D eigenvalue weighted by Gasteiger charge is 2.11. The van der Waals surface area contributed by atoms with E-state index < -0.39 is 5.82 Å². The van der Waals surface area contributed by atoms with Gasteiger partial charge in [-0.3, -0.25) is 9.78 Å². The molecule has 0 aliphatic rings. The van der Waals surface area contributed by atoms with Crippen LogP contribution >= 0.6 is 11.6 Å². The molecule has 1 aromatic carbocycles. The minimum Gasteiger partial charge on any atom is -0.299 e. The van der Waals surface area contributed by atoms with Crippen LogP contribution in [0.1, 0.15) is 16.8 Å². The van der Waals surface area contributed by atoms with E-state index in [4.69, 9.17) is 11.6 Å². The number of hydrogen-bond acceptors (Lipinski definition) is 4. The first kappa shape index (κ1) is 15.5. The van der Waals surface area contributed by atoms with Gasteiger partial charge in [0.15, 0.2) is 5.65 Å². The van der Waals surface area contributed by atoms with Crippen LogP contribution < -0.4 is 0 Å². The van der Waals surface area contributed by atoms with Crippen LogP contribution in [0.3, 0.4) is 0 Å². The lowest BCUT2D eigenvalue weighted by molar-refractivity contribution is -0.117. The highest BCUT2D eigenvalue weighted by atomic mass is 35.5. The Morgan fingerprint density at radius 3 is 2.74 bits per heavy atom. The second kappa shape index (κ2) is 6.38. The third-order valence-corrected chi connectivity index (χ3v) is 3.82. The first-order chi connectivity index (χ1) is 11.0. The summed E-state index contributed by atoms with van der Waals surface area (Å²) < 4.78 is 13.1. The van der Waals surface area contributed by atoms with Crippen molar-refractivity contribution in [3.63, 3.8) is 0 Å². The van der Waals surface area contributed by atoms with E-state index in [0.29, 0.717) is 16.7 Å². The number of pyridine rings is 1. The van der Waals surface area contributed by atoms with Crippen LogP contribution in [-0.2, 0) is 17.6 Å². The number of nitrogens with zero attached hydrogens (tertiary/aromatic N) is 3. The van der Waals surface area contributed by atoms with Crippen LogP contribution in [0, 0.1) is 12.7 Å². The second-order valence-electron chi connectivity index (χ2n) is 5.27. The van der Waals surface area contributed by atoms with Gasteiger partial charge in [0.05, 0.1) is 5.02 Å². The lowest BCUT2D eigenvalue weighted by atomic mass is 10.0. The summed E-state index contributed by atoms with van der Waals surface area (Å²) in [5.41, 5.74) is 3.48. The SMILES string of the molecule is Cc1nc2nccnc2cc1CC(=O)Cc1ccc(F)c(Cl)c1. The predicted octanol–water partition coefficient (Wildman–Crippen LogP) is 3.48. The average Bonchev–Trinajstić information content (AvgIpc) is 2.51. The molecule has 0 aliphatic heterocycles. The van der Waals surface area contributed by atoms with Gasteiger partial charge < -0.3 is 0 Å². The number of aryl methyl sites for hydroxylation is 1. The smallest absolute Gasteiger partial charge is 0.178 e. The van der Waals surface area contributed by atoms with Crippen LogP contribution in [0.2, 0.25) is 5.02 Å². The predicted molar refractivity (Wildman–Crippen MR) is 85.9 cm³/mol. The summed E-state index contributed by atoms with van der Waals surface area (Å²) in [6, 6.07) is 6.14. The monoisotopic (exact) mass is 329 g/mol. The number of rotatable bonds is 4. The molecule has 0 saturated carbocycles. The van der Waals surface area contributed by atoms with Crippen molar-refractivity contribution < 1.29 is 9.18 Å². The maximum Gasteiger partial charge on any atom is 0.178 e. The maximum absolute atomic E-state index is 13.1. The molecule has 0 spiro atoms. The van der Waals surface area contributed by atoms with E-state index >= 15 is 0 Å². The van der Waals surface area contributed by atoms with E-state index in [-0.39, 0.29) is 23.6 Å². The summed E-state index contributed by atoms with van der Waals surface area (Å²) in [4.78, 5) is 25.0. The van der Waals surface area contributed by atoms with Gasteiger partial charge in [-0.2, -0.15) is 0 Å². The molecule has 0 atom stereocenters. The van der Waals surface area contributed by atoms with Crippen LogP contribution in [-0.4, -0.2) is 20.7 Å². The Morgan fingerprint density at radius 2 is 1.96 bits per heavy atom. The van der Waals surface area contributed by atoms with Gasteiger partial charge in [0.1, 0.15) is 17.1 Å². The molecule has 0 unspecified atom stereocenters. The van der Waals surface area contributed by atoms with Gasteiger partial charge >= 0.3 is 0 Å².